The molecule has 0 saturated carbocycles. The number of carbonyl (C=O) groups excluding carboxylic acids is 2. The van der Waals surface area contributed by atoms with Gasteiger partial charge in [-0.1, -0.05) is 12.1 Å². The van der Waals surface area contributed by atoms with Crippen LogP contribution in [0.25, 0.3) is 0 Å². The van der Waals surface area contributed by atoms with E-state index in [1.807, 2.05) is 25.1 Å². The molecule has 1 saturated heterocycles. The molecule has 5 nitrogen and oxygen atoms in total. The van der Waals surface area contributed by atoms with Crippen LogP contribution in [0.4, 0.5) is 5.69 Å². The number of piperidine rings is 1. The Kier molecular flexibility index (Phi) is 4.04. The van der Waals surface area contributed by atoms with E-state index in [0.29, 0.717) is 25.1 Å². The summed E-state index contributed by atoms with van der Waals surface area (Å²) in [5, 5.41) is 5.71. The first-order chi connectivity index (χ1) is 9.06. The first-order valence-electron chi connectivity index (χ1n) is 6.49. The van der Waals surface area contributed by atoms with Crippen molar-refractivity contribution < 1.29 is 9.59 Å². The maximum Gasteiger partial charge on any atom is 0.227 e. The minimum Gasteiger partial charge on any atom is -0.399 e. The van der Waals surface area contributed by atoms with Crippen LogP contribution in [0.5, 0.6) is 0 Å². The Hall–Kier alpha value is -2.04. The van der Waals surface area contributed by atoms with Crippen LogP contribution in [-0.4, -0.2) is 24.4 Å². The summed E-state index contributed by atoms with van der Waals surface area (Å²) in [6.45, 7) is 2.36. The smallest absolute Gasteiger partial charge is 0.227 e. The third-order valence-electron chi connectivity index (χ3n) is 3.42. The number of hydrogen-bond acceptors (Lipinski definition) is 3. The molecule has 1 aromatic carbocycles. The van der Waals surface area contributed by atoms with Crippen LogP contribution in [0.3, 0.4) is 0 Å². The molecule has 1 aliphatic heterocycles. The number of rotatable bonds is 3. The van der Waals surface area contributed by atoms with Crippen molar-refractivity contribution in [3.8, 4) is 0 Å². The number of benzene rings is 1. The number of hydrogen-bond donors (Lipinski definition) is 3. The highest BCUT2D eigenvalue weighted by molar-refractivity contribution is 5.84. The number of nitrogen functional groups attached to an aromatic ring is 1. The van der Waals surface area contributed by atoms with Crippen LogP contribution < -0.4 is 16.4 Å². The summed E-state index contributed by atoms with van der Waals surface area (Å²) in [5.41, 5.74) is 7.27. The van der Waals surface area contributed by atoms with E-state index in [9.17, 15) is 9.59 Å². The molecule has 2 unspecified atom stereocenters. The number of nitrogens with one attached hydrogen (secondary N) is 2. The van der Waals surface area contributed by atoms with Crippen LogP contribution >= 0.6 is 0 Å². The van der Waals surface area contributed by atoms with Gasteiger partial charge >= 0.3 is 0 Å². The summed E-state index contributed by atoms with van der Waals surface area (Å²) in [4.78, 5) is 23.2. The van der Waals surface area contributed by atoms with Crippen molar-refractivity contribution in [1.82, 2.24) is 10.6 Å². The second kappa shape index (κ2) is 5.73. The molecule has 1 fully saturated rings. The summed E-state index contributed by atoms with van der Waals surface area (Å²) < 4.78 is 0. The normalized spacial score (nSPS) is 20.5. The molecule has 1 aliphatic rings. The lowest BCUT2D eigenvalue weighted by Crippen LogP contribution is -2.48. The Bertz CT molecular complexity index is 477. The van der Waals surface area contributed by atoms with Gasteiger partial charge in [-0.3, -0.25) is 9.59 Å². The molecule has 0 bridgehead atoms. The average Bonchev–Trinajstić information content (AvgIpc) is 2.40. The van der Waals surface area contributed by atoms with Crippen molar-refractivity contribution in [3.63, 3.8) is 0 Å². The fourth-order valence-corrected chi connectivity index (χ4v) is 2.16. The summed E-state index contributed by atoms with van der Waals surface area (Å²) >= 11 is 0. The molecule has 2 amide bonds. The Labute approximate surface area is 112 Å². The highest BCUT2D eigenvalue weighted by atomic mass is 16.2. The van der Waals surface area contributed by atoms with Crippen LogP contribution in [0.15, 0.2) is 24.3 Å². The number of nitrogens with two attached hydrogens (primary N) is 1. The van der Waals surface area contributed by atoms with Gasteiger partial charge in [0.25, 0.3) is 0 Å². The standard InChI is InChI=1S/C14H19N3O2/c1-9(10-3-2-4-11(15)7-10)14(19)17-12-5-6-13(18)16-8-12/h2-4,7,9,12H,5-6,8,15H2,1H3,(H,16,18)(H,17,19). The van der Waals surface area contributed by atoms with E-state index in [2.05, 4.69) is 10.6 Å². The molecule has 102 valence electrons. The molecule has 1 aromatic rings. The second-order valence-electron chi connectivity index (χ2n) is 4.94. The van der Waals surface area contributed by atoms with E-state index in [1.54, 1.807) is 6.07 Å². The van der Waals surface area contributed by atoms with Gasteiger partial charge in [0.15, 0.2) is 0 Å². The van der Waals surface area contributed by atoms with Gasteiger partial charge in [-0.2, -0.15) is 0 Å². The van der Waals surface area contributed by atoms with Crippen molar-refractivity contribution >= 4 is 17.5 Å². The van der Waals surface area contributed by atoms with E-state index in [0.717, 1.165) is 5.56 Å². The minimum atomic E-state index is -0.249. The zero-order valence-electron chi connectivity index (χ0n) is 11.0. The molecule has 1 heterocycles. The van der Waals surface area contributed by atoms with Crippen molar-refractivity contribution in [3.05, 3.63) is 29.8 Å². The first kappa shape index (κ1) is 13.4. The third kappa shape index (κ3) is 3.47. The molecular weight excluding hydrogens is 242 g/mol. The molecule has 0 spiro atoms. The van der Waals surface area contributed by atoms with Crippen molar-refractivity contribution in [2.24, 2.45) is 0 Å². The molecule has 0 aliphatic carbocycles. The number of carbonyl (C=O) groups is 2. The lowest BCUT2D eigenvalue weighted by molar-refractivity contribution is -0.126. The molecule has 5 heteroatoms. The predicted molar refractivity (Wildman–Crippen MR) is 73.4 cm³/mol. The lowest BCUT2D eigenvalue weighted by Gasteiger charge is -2.25. The predicted octanol–water partition coefficient (Wildman–Crippen LogP) is 0.767. The quantitative estimate of drug-likeness (QED) is 0.703. The van der Waals surface area contributed by atoms with Gasteiger partial charge in [-0.15, -0.1) is 0 Å². The molecule has 4 N–H and O–H groups in total. The highest BCUT2D eigenvalue weighted by Gasteiger charge is 2.22. The minimum absolute atomic E-state index is 0.0220. The zero-order chi connectivity index (χ0) is 13.8. The topological polar surface area (TPSA) is 84.2 Å². The summed E-state index contributed by atoms with van der Waals surface area (Å²) in [6.07, 6.45) is 1.17. The Balaban J connectivity index is 1.94. The SMILES string of the molecule is CC(C(=O)NC1CCC(=O)NC1)c1cccc(N)c1. The lowest BCUT2D eigenvalue weighted by atomic mass is 9.98. The average molecular weight is 261 g/mol. The Morgan fingerprint density at radius 3 is 2.95 bits per heavy atom. The van der Waals surface area contributed by atoms with Gasteiger partial charge in [0.2, 0.25) is 11.8 Å². The summed E-state index contributed by atoms with van der Waals surface area (Å²) in [6, 6.07) is 7.37. The van der Waals surface area contributed by atoms with Crippen molar-refractivity contribution in [2.45, 2.75) is 31.7 Å². The van der Waals surface area contributed by atoms with E-state index in [1.165, 1.54) is 0 Å². The van der Waals surface area contributed by atoms with Gasteiger partial charge in [-0.25, -0.2) is 0 Å². The highest BCUT2D eigenvalue weighted by Crippen LogP contribution is 2.18. The number of anilines is 1. The summed E-state index contributed by atoms with van der Waals surface area (Å²) in [5.74, 6) is -0.234. The van der Waals surface area contributed by atoms with Gasteiger partial charge in [0.05, 0.1) is 5.92 Å². The van der Waals surface area contributed by atoms with E-state index in [-0.39, 0.29) is 23.8 Å². The zero-order valence-corrected chi connectivity index (χ0v) is 11.0. The van der Waals surface area contributed by atoms with Gasteiger partial charge < -0.3 is 16.4 Å². The number of amides is 2. The fourth-order valence-electron chi connectivity index (χ4n) is 2.16. The van der Waals surface area contributed by atoms with Crippen LogP contribution in [-0.2, 0) is 9.59 Å². The molecule has 2 atom stereocenters. The van der Waals surface area contributed by atoms with E-state index >= 15 is 0 Å². The molecule has 0 aromatic heterocycles. The summed E-state index contributed by atoms with van der Waals surface area (Å²) in [7, 11) is 0. The van der Waals surface area contributed by atoms with E-state index in [4.69, 9.17) is 5.73 Å². The second-order valence-corrected chi connectivity index (χ2v) is 4.94. The van der Waals surface area contributed by atoms with Crippen LogP contribution in [0.1, 0.15) is 31.2 Å². The molecule has 19 heavy (non-hydrogen) atoms. The first-order valence-corrected chi connectivity index (χ1v) is 6.49. The third-order valence-corrected chi connectivity index (χ3v) is 3.42. The van der Waals surface area contributed by atoms with Gasteiger partial charge in [0, 0.05) is 24.7 Å². The molecule has 0 radical (unpaired) electrons. The van der Waals surface area contributed by atoms with Crippen LogP contribution in [0, 0.1) is 0 Å². The monoisotopic (exact) mass is 261 g/mol. The van der Waals surface area contributed by atoms with Crippen molar-refractivity contribution in [2.75, 3.05) is 12.3 Å². The Morgan fingerprint density at radius 2 is 2.32 bits per heavy atom. The molecule has 2 rings (SSSR count). The maximum atomic E-state index is 12.1. The molecular formula is C14H19N3O2. The Morgan fingerprint density at radius 1 is 1.53 bits per heavy atom. The van der Waals surface area contributed by atoms with E-state index < -0.39 is 0 Å². The van der Waals surface area contributed by atoms with Crippen LogP contribution in [0.2, 0.25) is 0 Å². The largest absolute Gasteiger partial charge is 0.399 e. The van der Waals surface area contributed by atoms with Gasteiger partial charge in [0.1, 0.15) is 0 Å². The van der Waals surface area contributed by atoms with Crippen molar-refractivity contribution in [1.29, 1.82) is 0 Å². The fraction of sp³-hybridized carbons (Fsp3) is 0.429. The maximum absolute atomic E-state index is 12.1. The van der Waals surface area contributed by atoms with Gasteiger partial charge in [-0.05, 0) is 31.0 Å².